The largest absolute Gasteiger partial charge is 0.306 e. The van der Waals surface area contributed by atoms with Gasteiger partial charge in [-0.25, -0.2) is 4.21 Å². The third-order valence-corrected chi connectivity index (χ3v) is 7.17. The minimum Gasteiger partial charge on any atom is -0.306 e. The molecule has 0 radical (unpaired) electrons. The predicted octanol–water partition coefficient (Wildman–Crippen LogP) is 6.25. The zero-order valence-electron chi connectivity index (χ0n) is 11.7. The van der Waals surface area contributed by atoms with Crippen molar-refractivity contribution < 1.29 is 8.76 Å². The number of hydrogen-bond donors (Lipinski definition) is 1. The summed E-state index contributed by atoms with van der Waals surface area (Å²) in [7, 11) is 3.22. The average Bonchev–Trinajstić information content (AvgIpc) is 2.90. The zero-order chi connectivity index (χ0) is 16.4. The zero-order valence-corrected chi connectivity index (χ0v) is 15.7. The molecule has 118 valence electrons. The van der Waals surface area contributed by atoms with Crippen LogP contribution >= 0.6 is 44.5 Å². The molecule has 1 aromatic heterocycles. The van der Waals surface area contributed by atoms with Crippen LogP contribution in [-0.4, -0.2) is 8.76 Å². The molecule has 1 unspecified atom stereocenters. The van der Waals surface area contributed by atoms with Gasteiger partial charge in [0.05, 0.1) is 10.6 Å². The van der Waals surface area contributed by atoms with E-state index in [1.165, 1.54) is 0 Å². The molecule has 1 atom stereocenters. The van der Waals surface area contributed by atoms with Gasteiger partial charge >= 0.3 is 0 Å². The van der Waals surface area contributed by atoms with Crippen LogP contribution in [0.3, 0.4) is 0 Å². The second-order valence-corrected chi connectivity index (χ2v) is 9.01. The molecule has 0 spiro atoms. The Bertz CT molecular complexity index is 895. The number of halogens is 1. The van der Waals surface area contributed by atoms with Gasteiger partial charge in [0.15, 0.2) is 11.1 Å². The van der Waals surface area contributed by atoms with E-state index in [4.69, 9.17) is 28.4 Å². The van der Waals surface area contributed by atoms with Gasteiger partial charge in [-0.3, -0.25) is 0 Å². The van der Waals surface area contributed by atoms with E-state index in [1.807, 2.05) is 48.5 Å². The van der Waals surface area contributed by atoms with Crippen LogP contribution in [0.25, 0.3) is 21.6 Å². The Hall–Kier alpha value is -0.890. The molecule has 0 amide bonds. The fraction of sp³-hybridized carbons (Fsp3) is 0.0625. The van der Waals surface area contributed by atoms with Crippen LogP contribution in [0.1, 0.15) is 5.56 Å². The van der Waals surface area contributed by atoms with Crippen LogP contribution < -0.4 is 0 Å². The molecule has 1 heterocycles. The van der Waals surface area contributed by atoms with Gasteiger partial charge in [-0.15, -0.1) is 0 Å². The maximum atomic E-state index is 10.9. The Morgan fingerprint density at radius 3 is 2.22 bits per heavy atom. The van der Waals surface area contributed by atoms with E-state index in [0.29, 0.717) is 5.02 Å². The van der Waals surface area contributed by atoms with Gasteiger partial charge in [0, 0.05) is 10.6 Å². The van der Waals surface area contributed by atoms with Gasteiger partial charge in [-0.1, -0.05) is 80.9 Å². The van der Waals surface area contributed by atoms with Crippen molar-refractivity contribution in [2.75, 3.05) is 0 Å². The molecule has 1 N–H and O–H groups in total. The lowest BCUT2D eigenvalue weighted by Crippen LogP contribution is -1.92. The third-order valence-electron chi connectivity index (χ3n) is 3.27. The van der Waals surface area contributed by atoms with Crippen molar-refractivity contribution in [2.24, 2.45) is 0 Å². The van der Waals surface area contributed by atoms with Gasteiger partial charge in [-0.05, 0) is 28.8 Å². The summed E-state index contributed by atoms with van der Waals surface area (Å²) in [5, 5.41) is 0.696. The summed E-state index contributed by atoms with van der Waals surface area (Å²) in [5.41, 5.74) is 3.99. The van der Waals surface area contributed by atoms with E-state index < -0.39 is 11.1 Å². The van der Waals surface area contributed by atoms with Gasteiger partial charge in [-0.2, -0.15) is 0 Å². The fourth-order valence-corrected chi connectivity index (χ4v) is 5.73. The van der Waals surface area contributed by atoms with Crippen molar-refractivity contribution in [3.63, 3.8) is 0 Å². The maximum absolute atomic E-state index is 10.9. The first-order valence-electron chi connectivity index (χ1n) is 6.60. The molecule has 2 nitrogen and oxygen atoms in total. The quantitative estimate of drug-likeness (QED) is 0.320. The highest BCUT2D eigenvalue weighted by atomic mass is 35.5. The van der Waals surface area contributed by atoms with E-state index in [9.17, 15) is 4.21 Å². The first-order chi connectivity index (χ1) is 11.0. The standard InChI is InChI=1S/C16H11ClO2S4/c17-13-7-5-11(6-8-13)14-15(21-22-16(14)20)12-3-1-10(2-4-12)9-23(18)19/h1-8H,9H2,(H,18,19). The Morgan fingerprint density at radius 1 is 1.00 bits per heavy atom. The second kappa shape index (κ2) is 7.34. The molecule has 0 fully saturated rings. The van der Waals surface area contributed by atoms with Crippen molar-refractivity contribution >= 4 is 55.6 Å². The van der Waals surface area contributed by atoms with Crippen molar-refractivity contribution in [3.8, 4) is 21.6 Å². The molecular formula is C16H11ClO2S4. The lowest BCUT2D eigenvalue weighted by atomic mass is 10.0. The summed E-state index contributed by atoms with van der Waals surface area (Å²) in [5.74, 6) is 0.143. The van der Waals surface area contributed by atoms with Crippen LogP contribution in [0.15, 0.2) is 48.5 Å². The molecule has 2 aromatic carbocycles. The summed E-state index contributed by atoms with van der Waals surface area (Å²) in [6.45, 7) is 0. The Balaban J connectivity index is 2.02. The number of hydrogen-bond acceptors (Lipinski definition) is 4. The Labute approximate surface area is 154 Å². The van der Waals surface area contributed by atoms with E-state index >= 15 is 0 Å². The van der Waals surface area contributed by atoms with E-state index in [0.717, 1.165) is 31.0 Å². The summed E-state index contributed by atoms with van der Waals surface area (Å²) in [4.78, 5) is 1.11. The first-order valence-corrected chi connectivity index (χ1v) is 10.8. The smallest absolute Gasteiger partial charge is 0.157 e. The molecule has 3 aromatic rings. The van der Waals surface area contributed by atoms with Crippen LogP contribution in [0.2, 0.25) is 5.02 Å². The summed E-state index contributed by atoms with van der Waals surface area (Å²) in [6.07, 6.45) is 0. The van der Waals surface area contributed by atoms with E-state index in [-0.39, 0.29) is 5.75 Å². The summed E-state index contributed by atoms with van der Waals surface area (Å²) >= 11 is 9.63. The Kier molecular flexibility index (Phi) is 5.41. The SMILES string of the molecule is O=S(O)Cc1ccc(-c2ssc(=S)c2-c2ccc(Cl)cc2)cc1. The van der Waals surface area contributed by atoms with Gasteiger partial charge in [0.25, 0.3) is 0 Å². The van der Waals surface area contributed by atoms with Crippen molar-refractivity contribution in [1.29, 1.82) is 0 Å². The molecule has 23 heavy (non-hydrogen) atoms. The van der Waals surface area contributed by atoms with Crippen LogP contribution in [0.5, 0.6) is 0 Å². The van der Waals surface area contributed by atoms with Gasteiger partial charge in [0.2, 0.25) is 0 Å². The molecular weight excluding hydrogens is 388 g/mol. The fourth-order valence-electron chi connectivity index (χ4n) is 2.21. The van der Waals surface area contributed by atoms with Crippen LogP contribution in [0, 0.1) is 3.82 Å². The maximum Gasteiger partial charge on any atom is 0.157 e. The van der Waals surface area contributed by atoms with Crippen molar-refractivity contribution in [2.45, 2.75) is 5.75 Å². The van der Waals surface area contributed by atoms with Crippen molar-refractivity contribution in [1.82, 2.24) is 0 Å². The molecule has 0 aliphatic carbocycles. The molecule has 0 aliphatic heterocycles. The molecule has 3 rings (SSSR count). The minimum absolute atomic E-state index is 0.143. The number of rotatable bonds is 4. The molecule has 0 saturated heterocycles. The monoisotopic (exact) mass is 398 g/mol. The molecule has 0 saturated carbocycles. The molecule has 0 bridgehead atoms. The summed E-state index contributed by atoms with van der Waals surface area (Å²) < 4.78 is 20.7. The minimum atomic E-state index is -1.82. The van der Waals surface area contributed by atoms with Crippen LogP contribution in [-0.2, 0) is 16.8 Å². The third kappa shape index (κ3) is 3.96. The molecule has 0 aliphatic rings. The Morgan fingerprint density at radius 2 is 1.61 bits per heavy atom. The van der Waals surface area contributed by atoms with Crippen molar-refractivity contribution in [3.05, 3.63) is 62.9 Å². The highest BCUT2D eigenvalue weighted by molar-refractivity contribution is 7.80. The highest BCUT2D eigenvalue weighted by Gasteiger charge is 2.13. The predicted molar refractivity (Wildman–Crippen MR) is 103 cm³/mol. The normalized spacial score (nSPS) is 12.3. The average molecular weight is 399 g/mol. The lowest BCUT2D eigenvalue weighted by Gasteiger charge is -2.05. The number of benzene rings is 2. The van der Waals surface area contributed by atoms with Crippen LogP contribution in [0.4, 0.5) is 0 Å². The van der Waals surface area contributed by atoms with Gasteiger partial charge in [0.1, 0.15) is 3.82 Å². The topological polar surface area (TPSA) is 37.3 Å². The van der Waals surface area contributed by atoms with Gasteiger partial charge < -0.3 is 4.55 Å². The molecule has 7 heteroatoms. The van der Waals surface area contributed by atoms with E-state index in [2.05, 4.69) is 0 Å². The van der Waals surface area contributed by atoms with E-state index in [1.54, 1.807) is 20.7 Å². The summed E-state index contributed by atoms with van der Waals surface area (Å²) in [6, 6.07) is 15.4. The first kappa shape index (κ1) is 17.0. The lowest BCUT2D eigenvalue weighted by molar-refractivity contribution is 0.563. The highest BCUT2D eigenvalue weighted by Crippen LogP contribution is 2.41. The second-order valence-electron chi connectivity index (χ2n) is 4.83.